The van der Waals surface area contributed by atoms with Gasteiger partial charge in [0.2, 0.25) is 0 Å². The molecular weight excluding hydrogens is 370 g/mol. The number of aromatic nitrogens is 4. The molecule has 0 bridgehead atoms. The van der Waals surface area contributed by atoms with Crippen molar-refractivity contribution in [2.24, 2.45) is 7.05 Å². The van der Waals surface area contributed by atoms with Gasteiger partial charge in [-0.15, -0.1) is 11.8 Å². The lowest BCUT2D eigenvalue weighted by molar-refractivity contribution is 0.0785. The normalized spacial score (nSPS) is 11.1. The van der Waals surface area contributed by atoms with Crippen LogP contribution in [-0.4, -0.2) is 37.0 Å². The maximum Gasteiger partial charge on any atom is 0.253 e. The van der Waals surface area contributed by atoms with E-state index in [1.54, 1.807) is 34.6 Å². The van der Waals surface area contributed by atoms with Crippen LogP contribution in [0.5, 0.6) is 0 Å². The summed E-state index contributed by atoms with van der Waals surface area (Å²) in [5, 5.41) is 4.14. The molecule has 6 nitrogen and oxygen atoms in total. The molecule has 0 unspecified atom stereocenters. The molecule has 0 saturated heterocycles. The summed E-state index contributed by atoms with van der Waals surface area (Å²) < 4.78 is 3.76. The van der Waals surface area contributed by atoms with Gasteiger partial charge in [-0.3, -0.25) is 9.48 Å². The summed E-state index contributed by atoms with van der Waals surface area (Å²) in [6, 6.07) is 13.7. The molecule has 0 N–H and O–H groups in total. The van der Waals surface area contributed by atoms with E-state index >= 15 is 0 Å². The third kappa shape index (κ3) is 4.09. The Morgan fingerprint density at radius 1 is 1.14 bits per heavy atom. The highest BCUT2D eigenvalue weighted by Crippen LogP contribution is 2.23. The molecule has 0 aliphatic rings. The number of carbonyl (C=O) groups is 1. The maximum absolute atomic E-state index is 12.6. The second kappa shape index (κ2) is 7.90. The summed E-state index contributed by atoms with van der Waals surface area (Å²) in [4.78, 5) is 20.1. The Labute approximate surface area is 167 Å². The number of aryl methyl sites for hydroxylation is 1. The second-order valence-corrected chi connectivity index (χ2v) is 7.74. The van der Waals surface area contributed by atoms with Crippen LogP contribution in [0.4, 0.5) is 0 Å². The van der Waals surface area contributed by atoms with Crippen LogP contribution in [-0.2, 0) is 19.3 Å². The molecule has 4 aromatic rings. The summed E-state index contributed by atoms with van der Waals surface area (Å²) in [6.07, 6.45) is 7.75. The number of carbonyl (C=O) groups excluding carboxylic acids is 1. The molecule has 0 radical (unpaired) electrons. The van der Waals surface area contributed by atoms with Gasteiger partial charge in [0.15, 0.2) is 0 Å². The Balaban J connectivity index is 1.36. The quantitative estimate of drug-likeness (QED) is 0.471. The number of hydrogen-bond donors (Lipinski definition) is 0. The number of fused-ring (bicyclic) bond motifs is 1. The molecule has 7 heteroatoms. The molecule has 3 aromatic heterocycles. The highest BCUT2D eigenvalue weighted by atomic mass is 32.2. The van der Waals surface area contributed by atoms with Crippen LogP contribution in [0.1, 0.15) is 21.6 Å². The summed E-state index contributed by atoms with van der Waals surface area (Å²) in [5.74, 6) is 0.788. The van der Waals surface area contributed by atoms with Gasteiger partial charge in [-0.25, -0.2) is 4.98 Å². The van der Waals surface area contributed by atoms with E-state index < -0.39 is 0 Å². The molecule has 1 aromatic carbocycles. The predicted octanol–water partition coefficient (Wildman–Crippen LogP) is 3.63. The van der Waals surface area contributed by atoms with Gasteiger partial charge in [-0.05, 0) is 36.4 Å². The summed E-state index contributed by atoms with van der Waals surface area (Å²) in [5.41, 5.74) is 3.68. The van der Waals surface area contributed by atoms with Crippen LogP contribution in [0.15, 0.2) is 72.1 Å². The van der Waals surface area contributed by atoms with E-state index in [1.165, 1.54) is 0 Å². The van der Waals surface area contributed by atoms with Crippen molar-refractivity contribution >= 4 is 23.3 Å². The van der Waals surface area contributed by atoms with Gasteiger partial charge in [0.25, 0.3) is 5.91 Å². The first-order valence-corrected chi connectivity index (χ1v) is 9.95. The summed E-state index contributed by atoms with van der Waals surface area (Å²) in [7, 11) is 3.68. The van der Waals surface area contributed by atoms with Crippen molar-refractivity contribution in [2.45, 2.75) is 17.2 Å². The zero-order chi connectivity index (χ0) is 19.5. The fourth-order valence-corrected chi connectivity index (χ4v) is 3.81. The molecule has 1 amide bonds. The number of benzene rings is 1. The fourth-order valence-electron chi connectivity index (χ4n) is 3.03. The monoisotopic (exact) mass is 391 g/mol. The maximum atomic E-state index is 12.6. The number of thioether (sulfide) groups is 1. The molecule has 0 saturated carbocycles. The van der Waals surface area contributed by atoms with Crippen LogP contribution < -0.4 is 0 Å². The van der Waals surface area contributed by atoms with Crippen LogP contribution in [0.25, 0.3) is 5.65 Å². The Kier molecular flexibility index (Phi) is 5.16. The van der Waals surface area contributed by atoms with Gasteiger partial charge in [0.1, 0.15) is 5.65 Å². The highest BCUT2D eigenvalue weighted by molar-refractivity contribution is 7.98. The lowest BCUT2D eigenvalue weighted by Crippen LogP contribution is -2.25. The Morgan fingerprint density at radius 3 is 2.68 bits per heavy atom. The van der Waals surface area contributed by atoms with E-state index in [2.05, 4.69) is 10.1 Å². The van der Waals surface area contributed by atoms with Crippen molar-refractivity contribution in [3.63, 3.8) is 0 Å². The van der Waals surface area contributed by atoms with Gasteiger partial charge in [0, 0.05) is 61.0 Å². The standard InChI is InChI=1S/C21H21N5OS/c1-24(12-16-11-22-25(2)13-16)21(27)17-6-8-19(9-7-17)28-15-18-14-26-10-4-3-5-20(26)23-18/h3-11,13-14H,12,15H2,1-2H3. The smallest absolute Gasteiger partial charge is 0.253 e. The minimum absolute atomic E-state index is 0.000698. The van der Waals surface area contributed by atoms with E-state index in [9.17, 15) is 4.79 Å². The van der Waals surface area contributed by atoms with Crippen molar-refractivity contribution in [3.8, 4) is 0 Å². The zero-order valence-corrected chi connectivity index (χ0v) is 16.6. The van der Waals surface area contributed by atoms with Crippen LogP contribution in [0.3, 0.4) is 0 Å². The lowest BCUT2D eigenvalue weighted by atomic mass is 10.2. The van der Waals surface area contributed by atoms with Crippen molar-refractivity contribution in [1.82, 2.24) is 24.1 Å². The third-order valence-electron chi connectivity index (χ3n) is 4.43. The van der Waals surface area contributed by atoms with Gasteiger partial charge < -0.3 is 9.30 Å². The van der Waals surface area contributed by atoms with Gasteiger partial charge in [-0.2, -0.15) is 5.10 Å². The zero-order valence-electron chi connectivity index (χ0n) is 15.8. The fraction of sp³-hybridized carbons (Fsp3) is 0.190. The molecule has 0 spiro atoms. The SMILES string of the molecule is CN(Cc1cnn(C)c1)C(=O)c1ccc(SCc2cn3ccccc3n2)cc1. The average molecular weight is 392 g/mol. The predicted molar refractivity (Wildman–Crippen MR) is 110 cm³/mol. The number of hydrogen-bond acceptors (Lipinski definition) is 4. The number of imidazole rings is 1. The van der Waals surface area contributed by atoms with E-state index in [0.29, 0.717) is 12.1 Å². The van der Waals surface area contributed by atoms with Crippen molar-refractivity contribution in [3.05, 3.63) is 84.1 Å². The topological polar surface area (TPSA) is 55.4 Å². The third-order valence-corrected chi connectivity index (χ3v) is 5.47. The van der Waals surface area contributed by atoms with E-state index in [-0.39, 0.29) is 5.91 Å². The molecule has 142 valence electrons. The minimum atomic E-state index is 0.000698. The second-order valence-electron chi connectivity index (χ2n) is 6.69. The number of rotatable bonds is 6. The van der Waals surface area contributed by atoms with Gasteiger partial charge >= 0.3 is 0 Å². The number of amides is 1. The number of nitrogens with zero attached hydrogens (tertiary/aromatic N) is 5. The molecular formula is C21H21N5OS. The first-order valence-electron chi connectivity index (χ1n) is 8.97. The van der Waals surface area contributed by atoms with Crippen molar-refractivity contribution in [1.29, 1.82) is 0 Å². The minimum Gasteiger partial charge on any atom is -0.337 e. The van der Waals surface area contributed by atoms with Crippen molar-refractivity contribution < 1.29 is 4.79 Å². The molecule has 0 aliphatic carbocycles. The number of pyridine rings is 1. The summed E-state index contributed by atoms with van der Waals surface area (Å²) in [6.45, 7) is 0.539. The molecule has 4 rings (SSSR count). The van der Waals surface area contributed by atoms with Gasteiger partial charge in [0.05, 0.1) is 11.9 Å². The first kappa shape index (κ1) is 18.3. The largest absolute Gasteiger partial charge is 0.337 e. The van der Waals surface area contributed by atoms with Gasteiger partial charge in [-0.1, -0.05) is 6.07 Å². The molecule has 3 heterocycles. The molecule has 0 atom stereocenters. The first-order chi connectivity index (χ1) is 13.6. The van der Waals surface area contributed by atoms with Crippen LogP contribution >= 0.6 is 11.8 Å². The molecule has 0 fully saturated rings. The van der Waals surface area contributed by atoms with Crippen molar-refractivity contribution in [2.75, 3.05) is 7.05 Å². The molecule has 28 heavy (non-hydrogen) atoms. The molecule has 0 aliphatic heterocycles. The van der Waals surface area contributed by atoms with Crippen LogP contribution in [0, 0.1) is 0 Å². The Morgan fingerprint density at radius 2 is 1.96 bits per heavy atom. The van der Waals surface area contributed by atoms with Crippen LogP contribution in [0.2, 0.25) is 0 Å². The average Bonchev–Trinajstić information content (AvgIpc) is 3.31. The van der Waals surface area contributed by atoms with E-state index in [4.69, 9.17) is 0 Å². The van der Waals surface area contributed by atoms with E-state index in [0.717, 1.165) is 27.6 Å². The highest BCUT2D eigenvalue weighted by Gasteiger charge is 2.13. The Hall–Kier alpha value is -3.06. The Bertz CT molecular complexity index is 1070. The van der Waals surface area contributed by atoms with E-state index in [1.807, 2.05) is 72.5 Å². The lowest BCUT2D eigenvalue weighted by Gasteiger charge is -2.16. The summed E-state index contributed by atoms with van der Waals surface area (Å²) >= 11 is 1.71.